The molecular formula is C13H24N2O3. The van der Waals surface area contributed by atoms with Gasteiger partial charge in [0.25, 0.3) is 0 Å². The molecule has 1 aliphatic carbocycles. The van der Waals surface area contributed by atoms with Crippen LogP contribution in [0.3, 0.4) is 0 Å². The SMILES string of the molecule is CCCNC(=O)C(C)NCC1CCCC1C(=O)O. The molecular weight excluding hydrogens is 232 g/mol. The summed E-state index contributed by atoms with van der Waals surface area (Å²) in [5, 5.41) is 15.0. The van der Waals surface area contributed by atoms with Crippen LogP contribution in [0.15, 0.2) is 0 Å². The molecule has 18 heavy (non-hydrogen) atoms. The number of aliphatic carboxylic acids is 1. The molecule has 3 N–H and O–H groups in total. The number of carboxylic acid groups (broad SMARTS) is 1. The lowest BCUT2D eigenvalue weighted by molar-refractivity contribution is -0.142. The van der Waals surface area contributed by atoms with E-state index in [-0.39, 0.29) is 23.8 Å². The van der Waals surface area contributed by atoms with Gasteiger partial charge in [0.15, 0.2) is 0 Å². The van der Waals surface area contributed by atoms with Gasteiger partial charge in [0, 0.05) is 6.54 Å². The third-order valence-electron chi connectivity index (χ3n) is 3.61. The average Bonchev–Trinajstić information content (AvgIpc) is 2.81. The minimum Gasteiger partial charge on any atom is -0.481 e. The highest BCUT2D eigenvalue weighted by Gasteiger charge is 2.32. The van der Waals surface area contributed by atoms with Crippen molar-refractivity contribution in [3.05, 3.63) is 0 Å². The predicted octanol–water partition coefficient (Wildman–Crippen LogP) is 0.992. The molecule has 1 amide bonds. The van der Waals surface area contributed by atoms with E-state index in [0.717, 1.165) is 25.7 Å². The number of hydrogen-bond acceptors (Lipinski definition) is 3. The molecule has 0 aliphatic heterocycles. The monoisotopic (exact) mass is 256 g/mol. The van der Waals surface area contributed by atoms with Gasteiger partial charge in [-0.05, 0) is 38.6 Å². The van der Waals surface area contributed by atoms with Crippen LogP contribution < -0.4 is 10.6 Å². The van der Waals surface area contributed by atoms with Crippen molar-refractivity contribution in [3.63, 3.8) is 0 Å². The van der Waals surface area contributed by atoms with Crippen LogP contribution in [0.1, 0.15) is 39.5 Å². The Morgan fingerprint density at radius 1 is 1.39 bits per heavy atom. The summed E-state index contributed by atoms with van der Waals surface area (Å²) in [6.07, 6.45) is 3.59. The fourth-order valence-corrected chi connectivity index (χ4v) is 2.43. The maximum atomic E-state index is 11.6. The van der Waals surface area contributed by atoms with Crippen molar-refractivity contribution in [2.75, 3.05) is 13.1 Å². The van der Waals surface area contributed by atoms with Gasteiger partial charge in [-0.3, -0.25) is 9.59 Å². The molecule has 104 valence electrons. The summed E-state index contributed by atoms with van der Waals surface area (Å²) in [6.45, 7) is 5.12. The molecule has 0 aromatic rings. The van der Waals surface area contributed by atoms with Gasteiger partial charge in [-0.15, -0.1) is 0 Å². The highest BCUT2D eigenvalue weighted by molar-refractivity contribution is 5.81. The van der Waals surface area contributed by atoms with Gasteiger partial charge in [-0.2, -0.15) is 0 Å². The number of hydrogen-bond donors (Lipinski definition) is 3. The van der Waals surface area contributed by atoms with Crippen LogP contribution in [-0.2, 0) is 9.59 Å². The first-order valence-corrected chi connectivity index (χ1v) is 6.80. The van der Waals surface area contributed by atoms with E-state index >= 15 is 0 Å². The van der Waals surface area contributed by atoms with Crippen molar-refractivity contribution < 1.29 is 14.7 Å². The molecule has 5 heteroatoms. The van der Waals surface area contributed by atoms with E-state index in [1.165, 1.54) is 0 Å². The second kappa shape index (κ2) is 7.36. The molecule has 0 spiro atoms. The third kappa shape index (κ3) is 4.29. The number of nitrogens with one attached hydrogen (secondary N) is 2. The van der Waals surface area contributed by atoms with E-state index in [1.54, 1.807) is 0 Å². The van der Waals surface area contributed by atoms with Crippen molar-refractivity contribution in [1.82, 2.24) is 10.6 Å². The number of carboxylic acids is 1. The zero-order valence-electron chi connectivity index (χ0n) is 11.2. The largest absolute Gasteiger partial charge is 0.481 e. The second-order valence-corrected chi connectivity index (χ2v) is 5.06. The molecule has 0 bridgehead atoms. The van der Waals surface area contributed by atoms with E-state index in [9.17, 15) is 9.59 Å². The molecule has 0 saturated heterocycles. The van der Waals surface area contributed by atoms with E-state index in [2.05, 4.69) is 10.6 Å². The summed E-state index contributed by atoms with van der Waals surface area (Å²) in [5.74, 6) is -0.809. The number of amides is 1. The van der Waals surface area contributed by atoms with Gasteiger partial charge in [-0.1, -0.05) is 13.3 Å². The van der Waals surface area contributed by atoms with Crippen LogP contribution in [0.4, 0.5) is 0 Å². The van der Waals surface area contributed by atoms with Crippen LogP contribution in [-0.4, -0.2) is 36.1 Å². The van der Waals surface area contributed by atoms with Crippen LogP contribution in [0.25, 0.3) is 0 Å². The summed E-state index contributed by atoms with van der Waals surface area (Å²) in [4.78, 5) is 22.7. The lowest BCUT2D eigenvalue weighted by atomic mass is 9.96. The molecule has 0 radical (unpaired) electrons. The zero-order valence-corrected chi connectivity index (χ0v) is 11.2. The summed E-state index contributed by atoms with van der Waals surface area (Å²) in [6, 6.07) is -0.258. The van der Waals surface area contributed by atoms with Crippen LogP contribution in [0.2, 0.25) is 0 Å². The van der Waals surface area contributed by atoms with Crippen molar-refractivity contribution in [1.29, 1.82) is 0 Å². The molecule has 3 atom stereocenters. The first kappa shape index (κ1) is 15.0. The van der Waals surface area contributed by atoms with Gasteiger partial charge in [0.05, 0.1) is 12.0 Å². The first-order valence-electron chi connectivity index (χ1n) is 6.80. The summed E-state index contributed by atoms with van der Waals surface area (Å²) in [7, 11) is 0. The summed E-state index contributed by atoms with van der Waals surface area (Å²) in [5.41, 5.74) is 0. The Morgan fingerprint density at radius 2 is 2.11 bits per heavy atom. The molecule has 5 nitrogen and oxygen atoms in total. The van der Waals surface area contributed by atoms with Gasteiger partial charge in [-0.25, -0.2) is 0 Å². The standard InChI is InChI=1S/C13H24N2O3/c1-3-7-14-12(16)9(2)15-8-10-5-4-6-11(10)13(17)18/h9-11,15H,3-8H2,1-2H3,(H,14,16)(H,17,18). The van der Waals surface area contributed by atoms with Crippen LogP contribution in [0.5, 0.6) is 0 Å². The zero-order chi connectivity index (χ0) is 13.5. The number of carbonyl (C=O) groups excluding carboxylic acids is 1. The van der Waals surface area contributed by atoms with Gasteiger partial charge >= 0.3 is 5.97 Å². The number of rotatable bonds is 7. The molecule has 0 heterocycles. The van der Waals surface area contributed by atoms with E-state index in [0.29, 0.717) is 13.1 Å². The highest BCUT2D eigenvalue weighted by Crippen LogP contribution is 2.31. The Balaban J connectivity index is 2.31. The quantitative estimate of drug-likeness (QED) is 0.635. The van der Waals surface area contributed by atoms with Crippen LogP contribution >= 0.6 is 0 Å². The smallest absolute Gasteiger partial charge is 0.306 e. The summed E-state index contributed by atoms with van der Waals surface area (Å²) < 4.78 is 0. The van der Waals surface area contributed by atoms with Gasteiger partial charge in [0.2, 0.25) is 5.91 Å². The Bertz CT molecular complexity index is 294. The van der Waals surface area contributed by atoms with Crippen LogP contribution in [0, 0.1) is 11.8 Å². The molecule has 0 aromatic carbocycles. The lowest BCUT2D eigenvalue weighted by Crippen LogP contribution is -2.44. The Morgan fingerprint density at radius 3 is 2.72 bits per heavy atom. The normalized spacial score (nSPS) is 24.8. The fourth-order valence-electron chi connectivity index (χ4n) is 2.43. The van der Waals surface area contributed by atoms with E-state index in [4.69, 9.17) is 5.11 Å². The lowest BCUT2D eigenvalue weighted by Gasteiger charge is -2.19. The molecule has 0 aromatic heterocycles. The Hall–Kier alpha value is -1.10. The average molecular weight is 256 g/mol. The predicted molar refractivity (Wildman–Crippen MR) is 69.2 cm³/mol. The molecule has 3 unspecified atom stereocenters. The minimum atomic E-state index is -0.706. The van der Waals surface area contributed by atoms with Crippen molar-refractivity contribution in [2.45, 2.75) is 45.6 Å². The molecule has 1 saturated carbocycles. The maximum absolute atomic E-state index is 11.6. The Labute approximate surface area is 108 Å². The molecule has 1 aliphatic rings. The van der Waals surface area contributed by atoms with Crippen molar-refractivity contribution in [2.24, 2.45) is 11.8 Å². The highest BCUT2D eigenvalue weighted by atomic mass is 16.4. The van der Waals surface area contributed by atoms with Crippen molar-refractivity contribution in [3.8, 4) is 0 Å². The third-order valence-corrected chi connectivity index (χ3v) is 3.61. The first-order chi connectivity index (χ1) is 8.56. The van der Waals surface area contributed by atoms with Gasteiger partial charge in [0.1, 0.15) is 0 Å². The van der Waals surface area contributed by atoms with E-state index < -0.39 is 5.97 Å². The van der Waals surface area contributed by atoms with E-state index in [1.807, 2.05) is 13.8 Å². The fraction of sp³-hybridized carbons (Fsp3) is 0.846. The second-order valence-electron chi connectivity index (χ2n) is 5.06. The minimum absolute atomic E-state index is 0.0123. The van der Waals surface area contributed by atoms with Gasteiger partial charge < -0.3 is 15.7 Å². The topological polar surface area (TPSA) is 78.4 Å². The van der Waals surface area contributed by atoms with Crippen molar-refractivity contribution >= 4 is 11.9 Å². The number of carbonyl (C=O) groups is 2. The maximum Gasteiger partial charge on any atom is 0.306 e. The Kier molecular flexibility index (Phi) is 6.12. The summed E-state index contributed by atoms with van der Waals surface area (Å²) >= 11 is 0. The molecule has 1 fully saturated rings. The molecule has 1 rings (SSSR count).